The topological polar surface area (TPSA) is 43.9 Å². The van der Waals surface area contributed by atoms with E-state index < -0.39 is 0 Å². The van der Waals surface area contributed by atoms with Gasteiger partial charge in [0.2, 0.25) is 0 Å². The SMILES string of the molecule is c1ccc(-c2cc(-c3cccc(-c4cccc5c4oc4ccccc45)c3)nc(-c3cccc(-n4c5ccccc5c5ccccc54)c3)n2)cc1. The number of rotatable bonds is 5. The summed E-state index contributed by atoms with van der Waals surface area (Å²) in [5.74, 6) is 0.675. The molecule has 0 aliphatic carbocycles. The van der Waals surface area contributed by atoms with Crippen LogP contribution in [0.3, 0.4) is 0 Å². The van der Waals surface area contributed by atoms with Crippen molar-refractivity contribution < 1.29 is 4.42 Å². The first-order valence-electron chi connectivity index (χ1n) is 16.8. The molecule has 10 aromatic rings. The molecule has 0 spiro atoms. The molecule has 0 bridgehead atoms. The van der Waals surface area contributed by atoms with Crippen LogP contribution < -0.4 is 0 Å². The van der Waals surface area contributed by atoms with Crippen LogP contribution in [0, 0.1) is 0 Å². The van der Waals surface area contributed by atoms with E-state index in [9.17, 15) is 0 Å². The van der Waals surface area contributed by atoms with Gasteiger partial charge in [0, 0.05) is 49.5 Å². The molecular weight excluding hydrogens is 611 g/mol. The summed E-state index contributed by atoms with van der Waals surface area (Å²) in [7, 11) is 0. The van der Waals surface area contributed by atoms with E-state index in [1.54, 1.807) is 0 Å². The number of nitrogens with zero attached hydrogens (tertiary/aromatic N) is 3. The van der Waals surface area contributed by atoms with Gasteiger partial charge in [-0.15, -0.1) is 0 Å². The maximum absolute atomic E-state index is 6.41. The normalized spacial score (nSPS) is 11.6. The van der Waals surface area contributed by atoms with E-state index in [1.807, 2.05) is 30.3 Å². The fourth-order valence-corrected chi connectivity index (χ4v) is 7.29. The summed E-state index contributed by atoms with van der Waals surface area (Å²) in [5, 5.41) is 4.70. The Hall–Kier alpha value is -6.78. The van der Waals surface area contributed by atoms with Crippen molar-refractivity contribution in [1.82, 2.24) is 14.5 Å². The highest BCUT2D eigenvalue weighted by molar-refractivity contribution is 6.10. The van der Waals surface area contributed by atoms with E-state index in [0.717, 1.165) is 66.8 Å². The third-order valence-electron chi connectivity index (χ3n) is 9.61. The van der Waals surface area contributed by atoms with E-state index in [4.69, 9.17) is 14.4 Å². The highest BCUT2D eigenvalue weighted by atomic mass is 16.3. The fourth-order valence-electron chi connectivity index (χ4n) is 7.29. The van der Waals surface area contributed by atoms with Crippen molar-refractivity contribution in [3.63, 3.8) is 0 Å². The van der Waals surface area contributed by atoms with Gasteiger partial charge >= 0.3 is 0 Å². The molecule has 0 fully saturated rings. The quantitative estimate of drug-likeness (QED) is 0.188. The van der Waals surface area contributed by atoms with Gasteiger partial charge in [0.25, 0.3) is 0 Å². The molecule has 4 heteroatoms. The largest absolute Gasteiger partial charge is 0.455 e. The molecule has 0 aliphatic rings. The minimum atomic E-state index is 0.675. The lowest BCUT2D eigenvalue weighted by Crippen LogP contribution is -1.98. The molecular formula is C46H29N3O. The molecule has 4 nitrogen and oxygen atoms in total. The standard InChI is InChI=1S/C46H29N3O/c1-2-13-30(14-3-1)40-29-41(32-16-10-15-31(27-32)35-22-12-23-39-38-21-6-9-26-44(38)50-45(35)39)48-46(47-40)33-17-11-18-34(28-33)49-42-24-7-4-19-36(42)37-20-5-8-25-43(37)49/h1-29H. The van der Waals surface area contributed by atoms with Crippen molar-refractivity contribution in [2.75, 3.05) is 0 Å². The summed E-state index contributed by atoms with van der Waals surface area (Å²) in [5.41, 5.74) is 12.0. The number of para-hydroxylation sites is 4. The third-order valence-corrected chi connectivity index (χ3v) is 9.61. The van der Waals surface area contributed by atoms with E-state index in [0.29, 0.717) is 5.82 Å². The van der Waals surface area contributed by atoms with Gasteiger partial charge in [-0.2, -0.15) is 0 Å². The van der Waals surface area contributed by atoms with Crippen molar-refractivity contribution in [3.8, 4) is 50.7 Å². The number of fused-ring (bicyclic) bond motifs is 6. The maximum atomic E-state index is 6.41. The lowest BCUT2D eigenvalue weighted by atomic mass is 9.99. The minimum Gasteiger partial charge on any atom is -0.455 e. The van der Waals surface area contributed by atoms with Crippen molar-refractivity contribution >= 4 is 43.7 Å². The van der Waals surface area contributed by atoms with Crippen LogP contribution in [0.4, 0.5) is 0 Å². The van der Waals surface area contributed by atoms with Crippen LogP contribution in [-0.4, -0.2) is 14.5 Å². The molecule has 0 amide bonds. The van der Waals surface area contributed by atoms with Crippen LogP contribution in [0.15, 0.2) is 180 Å². The van der Waals surface area contributed by atoms with Crippen LogP contribution in [-0.2, 0) is 0 Å². The Morgan fingerprint density at radius 2 is 0.980 bits per heavy atom. The number of hydrogen-bond donors (Lipinski definition) is 0. The smallest absolute Gasteiger partial charge is 0.160 e. The first-order chi connectivity index (χ1) is 24.8. The van der Waals surface area contributed by atoms with Gasteiger partial charge in [-0.25, -0.2) is 9.97 Å². The monoisotopic (exact) mass is 639 g/mol. The zero-order chi connectivity index (χ0) is 33.0. The van der Waals surface area contributed by atoms with Crippen LogP contribution in [0.1, 0.15) is 0 Å². The Kier molecular flexibility index (Phi) is 6.46. The molecule has 50 heavy (non-hydrogen) atoms. The van der Waals surface area contributed by atoms with E-state index in [2.05, 4.69) is 150 Å². The molecule has 0 atom stereocenters. The summed E-state index contributed by atoms with van der Waals surface area (Å²) >= 11 is 0. The average molecular weight is 640 g/mol. The molecule has 0 unspecified atom stereocenters. The number of hydrogen-bond acceptors (Lipinski definition) is 3. The zero-order valence-corrected chi connectivity index (χ0v) is 27.0. The molecule has 0 radical (unpaired) electrons. The lowest BCUT2D eigenvalue weighted by molar-refractivity contribution is 0.670. The zero-order valence-electron chi connectivity index (χ0n) is 27.0. The lowest BCUT2D eigenvalue weighted by Gasteiger charge is -2.12. The van der Waals surface area contributed by atoms with Crippen molar-refractivity contribution in [2.45, 2.75) is 0 Å². The van der Waals surface area contributed by atoms with E-state index in [-0.39, 0.29) is 0 Å². The van der Waals surface area contributed by atoms with Crippen LogP contribution >= 0.6 is 0 Å². The summed E-state index contributed by atoms with van der Waals surface area (Å²) < 4.78 is 8.74. The Balaban J connectivity index is 1.14. The second-order valence-corrected chi connectivity index (χ2v) is 12.6. The Bertz CT molecular complexity index is 2830. The summed E-state index contributed by atoms with van der Waals surface area (Å²) in [6.07, 6.45) is 0. The summed E-state index contributed by atoms with van der Waals surface area (Å²) in [4.78, 5) is 10.4. The molecule has 0 aliphatic heterocycles. The molecule has 3 aromatic heterocycles. The van der Waals surface area contributed by atoms with Crippen LogP contribution in [0.2, 0.25) is 0 Å². The molecule has 3 heterocycles. The van der Waals surface area contributed by atoms with Gasteiger partial charge in [0.05, 0.1) is 22.4 Å². The van der Waals surface area contributed by atoms with Gasteiger partial charge < -0.3 is 8.98 Å². The predicted molar refractivity (Wildman–Crippen MR) is 205 cm³/mol. The molecule has 0 saturated carbocycles. The fraction of sp³-hybridized carbons (Fsp3) is 0. The Morgan fingerprint density at radius 1 is 0.400 bits per heavy atom. The van der Waals surface area contributed by atoms with Gasteiger partial charge in [0.1, 0.15) is 11.2 Å². The van der Waals surface area contributed by atoms with Crippen molar-refractivity contribution in [3.05, 3.63) is 176 Å². The predicted octanol–water partition coefficient (Wildman–Crippen LogP) is 12.1. The minimum absolute atomic E-state index is 0.675. The molecule has 234 valence electrons. The Labute approximate surface area is 288 Å². The third kappa shape index (κ3) is 4.61. The first kappa shape index (κ1) is 28.3. The molecule has 0 saturated heterocycles. The second-order valence-electron chi connectivity index (χ2n) is 12.6. The second kappa shape index (κ2) is 11.4. The molecule has 0 N–H and O–H groups in total. The van der Waals surface area contributed by atoms with Gasteiger partial charge in [-0.1, -0.05) is 133 Å². The van der Waals surface area contributed by atoms with Gasteiger partial charge in [-0.3, -0.25) is 0 Å². The summed E-state index contributed by atoms with van der Waals surface area (Å²) in [6, 6.07) is 61.3. The first-order valence-corrected chi connectivity index (χ1v) is 16.8. The van der Waals surface area contributed by atoms with Gasteiger partial charge in [-0.05, 0) is 48.0 Å². The summed E-state index contributed by atoms with van der Waals surface area (Å²) in [6.45, 7) is 0. The number of furan rings is 1. The molecule has 7 aromatic carbocycles. The number of aromatic nitrogens is 3. The van der Waals surface area contributed by atoms with Crippen molar-refractivity contribution in [1.29, 1.82) is 0 Å². The Morgan fingerprint density at radius 3 is 1.78 bits per heavy atom. The average Bonchev–Trinajstić information content (AvgIpc) is 3.74. The number of benzene rings is 7. The highest BCUT2D eigenvalue weighted by Crippen LogP contribution is 2.38. The maximum Gasteiger partial charge on any atom is 0.160 e. The van der Waals surface area contributed by atoms with Crippen LogP contribution in [0.5, 0.6) is 0 Å². The van der Waals surface area contributed by atoms with E-state index >= 15 is 0 Å². The van der Waals surface area contributed by atoms with Gasteiger partial charge in [0.15, 0.2) is 5.82 Å². The highest BCUT2D eigenvalue weighted by Gasteiger charge is 2.16. The molecule has 10 rings (SSSR count). The van der Waals surface area contributed by atoms with Crippen molar-refractivity contribution in [2.24, 2.45) is 0 Å². The van der Waals surface area contributed by atoms with E-state index in [1.165, 1.54) is 21.8 Å². The van der Waals surface area contributed by atoms with Crippen LogP contribution in [0.25, 0.3) is 94.5 Å².